The van der Waals surface area contributed by atoms with Crippen LogP contribution in [0.3, 0.4) is 0 Å². The number of hydrogen-bond donors (Lipinski definition) is 2. The summed E-state index contributed by atoms with van der Waals surface area (Å²) in [6.45, 7) is 1.58. The SMILES string of the molecule is CSCCCCCCNCc1nc2ccccc2c(=O)[nH]1. The van der Waals surface area contributed by atoms with Crippen LogP contribution in [0.25, 0.3) is 10.9 Å². The lowest BCUT2D eigenvalue weighted by Gasteiger charge is -2.05. The smallest absolute Gasteiger partial charge is 0.258 e. The van der Waals surface area contributed by atoms with Gasteiger partial charge in [-0.3, -0.25) is 4.79 Å². The number of hydrogen-bond acceptors (Lipinski definition) is 4. The molecule has 0 aliphatic heterocycles. The third-order valence-electron chi connectivity index (χ3n) is 3.41. The molecule has 0 unspecified atom stereocenters. The van der Waals surface area contributed by atoms with Gasteiger partial charge in [0.05, 0.1) is 17.4 Å². The van der Waals surface area contributed by atoms with Gasteiger partial charge in [0.1, 0.15) is 5.82 Å². The Morgan fingerprint density at radius 2 is 2.00 bits per heavy atom. The van der Waals surface area contributed by atoms with Gasteiger partial charge in [0, 0.05) is 0 Å². The predicted octanol–water partition coefficient (Wildman–Crippen LogP) is 2.94. The quantitative estimate of drug-likeness (QED) is 0.699. The summed E-state index contributed by atoms with van der Waals surface area (Å²) in [6, 6.07) is 7.43. The van der Waals surface area contributed by atoms with E-state index in [1.165, 1.54) is 31.4 Å². The van der Waals surface area contributed by atoms with Crippen molar-refractivity contribution in [3.8, 4) is 0 Å². The van der Waals surface area contributed by atoms with Gasteiger partial charge < -0.3 is 10.3 Å². The Kier molecular flexibility index (Phi) is 6.76. The Morgan fingerprint density at radius 3 is 2.86 bits per heavy atom. The van der Waals surface area contributed by atoms with Crippen LogP contribution in [0, 0.1) is 0 Å². The zero-order valence-electron chi connectivity index (χ0n) is 12.5. The highest BCUT2D eigenvalue weighted by Gasteiger charge is 2.02. The van der Waals surface area contributed by atoms with Crippen LogP contribution in [0.2, 0.25) is 0 Å². The number of thioether (sulfide) groups is 1. The van der Waals surface area contributed by atoms with Crippen molar-refractivity contribution in [2.45, 2.75) is 32.2 Å². The maximum atomic E-state index is 11.9. The van der Waals surface area contributed by atoms with Gasteiger partial charge in [0.2, 0.25) is 0 Å². The molecule has 1 aromatic heterocycles. The Balaban J connectivity index is 1.75. The molecule has 0 saturated heterocycles. The van der Waals surface area contributed by atoms with Crippen LogP contribution in [0.5, 0.6) is 0 Å². The molecule has 0 spiro atoms. The summed E-state index contributed by atoms with van der Waals surface area (Å²) < 4.78 is 0. The summed E-state index contributed by atoms with van der Waals surface area (Å²) >= 11 is 1.91. The molecule has 1 aromatic carbocycles. The number of para-hydroxylation sites is 1. The molecular formula is C16H23N3OS. The molecule has 0 atom stereocenters. The molecule has 0 aliphatic carbocycles. The minimum atomic E-state index is -0.0607. The molecule has 0 radical (unpaired) electrons. The number of nitrogens with zero attached hydrogens (tertiary/aromatic N) is 1. The van der Waals surface area contributed by atoms with E-state index in [0.717, 1.165) is 12.1 Å². The average molecular weight is 305 g/mol. The Labute approximate surface area is 129 Å². The number of nitrogens with one attached hydrogen (secondary N) is 2. The van der Waals surface area contributed by atoms with Crippen LogP contribution in [-0.4, -0.2) is 28.5 Å². The number of H-pyrrole nitrogens is 1. The molecule has 5 heteroatoms. The van der Waals surface area contributed by atoms with Gasteiger partial charge in [-0.25, -0.2) is 4.98 Å². The van der Waals surface area contributed by atoms with E-state index in [9.17, 15) is 4.79 Å². The van der Waals surface area contributed by atoms with E-state index in [4.69, 9.17) is 0 Å². The van der Waals surface area contributed by atoms with E-state index >= 15 is 0 Å². The van der Waals surface area contributed by atoms with Crippen molar-refractivity contribution < 1.29 is 0 Å². The number of aromatic amines is 1. The first-order valence-electron chi connectivity index (χ1n) is 7.49. The normalized spacial score (nSPS) is 11.1. The maximum absolute atomic E-state index is 11.9. The highest BCUT2D eigenvalue weighted by molar-refractivity contribution is 7.98. The Bertz CT molecular complexity index is 612. The van der Waals surface area contributed by atoms with E-state index in [-0.39, 0.29) is 5.56 Å². The molecule has 2 N–H and O–H groups in total. The van der Waals surface area contributed by atoms with Crippen molar-refractivity contribution in [1.29, 1.82) is 0 Å². The van der Waals surface area contributed by atoms with E-state index in [2.05, 4.69) is 21.5 Å². The molecular weight excluding hydrogens is 282 g/mol. The highest BCUT2D eigenvalue weighted by atomic mass is 32.2. The molecule has 1 heterocycles. The summed E-state index contributed by atoms with van der Waals surface area (Å²) in [5, 5.41) is 3.99. The maximum Gasteiger partial charge on any atom is 0.258 e. The first-order valence-corrected chi connectivity index (χ1v) is 8.88. The molecule has 0 fully saturated rings. The first kappa shape index (κ1) is 16.0. The van der Waals surface area contributed by atoms with Crippen molar-refractivity contribution in [1.82, 2.24) is 15.3 Å². The van der Waals surface area contributed by atoms with Crippen LogP contribution in [0.4, 0.5) is 0 Å². The fourth-order valence-corrected chi connectivity index (χ4v) is 2.77. The second-order valence-electron chi connectivity index (χ2n) is 5.11. The molecule has 0 saturated carbocycles. The Hall–Kier alpha value is -1.33. The summed E-state index contributed by atoms with van der Waals surface area (Å²) in [6.07, 6.45) is 7.19. The summed E-state index contributed by atoms with van der Waals surface area (Å²) in [7, 11) is 0. The molecule has 0 aliphatic rings. The van der Waals surface area contributed by atoms with E-state index < -0.39 is 0 Å². The van der Waals surface area contributed by atoms with Crippen molar-refractivity contribution in [3.63, 3.8) is 0 Å². The summed E-state index contributed by atoms with van der Waals surface area (Å²) in [4.78, 5) is 19.2. The zero-order valence-corrected chi connectivity index (χ0v) is 13.3. The largest absolute Gasteiger partial charge is 0.310 e. The monoisotopic (exact) mass is 305 g/mol. The molecule has 0 bridgehead atoms. The molecule has 21 heavy (non-hydrogen) atoms. The van der Waals surface area contributed by atoms with Gasteiger partial charge >= 0.3 is 0 Å². The van der Waals surface area contributed by atoms with Gasteiger partial charge in [-0.1, -0.05) is 25.0 Å². The van der Waals surface area contributed by atoms with Gasteiger partial charge in [0.15, 0.2) is 0 Å². The Morgan fingerprint density at radius 1 is 1.19 bits per heavy atom. The lowest BCUT2D eigenvalue weighted by molar-refractivity contribution is 0.589. The fraction of sp³-hybridized carbons (Fsp3) is 0.500. The van der Waals surface area contributed by atoms with Crippen molar-refractivity contribution in [3.05, 3.63) is 40.4 Å². The number of unbranched alkanes of at least 4 members (excludes halogenated alkanes) is 3. The highest BCUT2D eigenvalue weighted by Crippen LogP contribution is 2.06. The van der Waals surface area contributed by atoms with Gasteiger partial charge in [-0.2, -0.15) is 11.8 Å². The third-order valence-corrected chi connectivity index (χ3v) is 4.10. The molecule has 2 rings (SSSR count). The zero-order chi connectivity index (χ0) is 14.9. The number of benzene rings is 1. The van der Waals surface area contributed by atoms with Crippen LogP contribution >= 0.6 is 11.8 Å². The average Bonchev–Trinajstić information content (AvgIpc) is 2.50. The minimum Gasteiger partial charge on any atom is -0.310 e. The first-order chi connectivity index (χ1) is 10.3. The van der Waals surface area contributed by atoms with Crippen molar-refractivity contribution in [2.75, 3.05) is 18.6 Å². The fourth-order valence-electron chi connectivity index (χ4n) is 2.28. The lowest BCUT2D eigenvalue weighted by Crippen LogP contribution is -2.20. The number of aromatic nitrogens is 2. The van der Waals surface area contributed by atoms with E-state index in [0.29, 0.717) is 17.8 Å². The molecule has 114 valence electrons. The van der Waals surface area contributed by atoms with Crippen LogP contribution < -0.4 is 10.9 Å². The number of rotatable bonds is 9. The van der Waals surface area contributed by atoms with Crippen LogP contribution in [0.15, 0.2) is 29.1 Å². The lowest BCUT2D eigenvalue weighted by atomic mass is 10.2. The number of fused-ring (bicyclic) bond motifs is 1. The van der Waals surface area contributed by atoms with Crippen LogP contribution in [0.1, 0.15) is 31.5 Å². The van der Waals surface area contributed by atoms with Crippen molar-refractivity contribution in [2.24, 2.45) is 0 Å². The topological polar surface area (TPSA) is 57.8 Å². The minimum absolute atomic E-state index is 0.0607. The van der Waals surface area contributed by atoms with Crippen LogP contribution in [-0.2, 0) is 6.54 Å². The molecule has 4 nitrogen and oxygen atoms in total. The van der Waals surface area contributed by atoms with Gasteiger partial charge in [-0.15, -0.1) is 0 Å². The molecule has 2 aromatic rings. The predicted molar refractivity (Wildman–Crippen MR) is 90.9 cm³/mol. The van der Waals surface area contributed by atoms with E-state index in [1.807, 2.05) is 30.0 Å². The van der Waals surface area contributed by atoms with Crippen molar-refractivity contribution >= 4 is 22.7 Å². The third kappa shape index (κ3) is 5.17. The van der Waals surface area contributed by atoms with Gasteiger partial charge in [-0.05, 0) is 43.5 Å². The molecule has 0 amide bonds. The second kappa shape index (κ2) is 8.85. The van der Waals surface area contributed by atoms with Gasteiger partial charge in [0.25, 0.3) is 5.56 Å². The summed E-state index contributed by atoms with van der Waals surface area (Å²) in [5.41, 5.74) is 0.699. The standard InChI is InChI=1S/C16H23N3OS/c1-21-11-7-3-2-6-10-17-12-15-18-14-9-5-4-8-13(14)16(20)19-15/h4-5,8-9,17H,2-3,6-7,10-12H2,1H3,(H,18,19,20). The summed E-state index contributed by atoms with van der Waals surface area (Å²) in [5.74, 6) is 1.97. The van der Waals surface area contributed by atoms with E-state index in [1.54, 1.807) is 6.07 Å². The second-order valence-corrected chi connectivity index (χ2v) is 6.10.